The van der Waals surface area contributed by atoms with Crippen molar-refractivity contribution >= 4 is 0 Å². The van der Waals surface area contributed by atoms with Gasteiger partial charge in [-0.15, -0.1) is 0 Å². The molecule has 2 atom stereocenters. The largest absolute Gasteiger partial charge is 0.472 e. The van der Waals surface area contributed by atoms with Gasteiger partial charge in [0.15, 0.2) is 0 Å². The molecule has 2 fully saturated rings. The number of rotatable bonds is 2. The number of hydrogen-bond acceptors (Lipinski definition) is 2. The quantitative estimate of drug-likeness (QED) is 0.777. The van der Waals surface area contributed by atoms with Crippen molar-refractivity contribution in [2.75, 3.05) is 6.54 Å². The molecule has 2 heteroatoms. The molecule has 2 heterocycles. The monoisotopic (exact) mass is 191 g/mol. The van der Waals surface area contributed by atoms with Gasteiger partial charge >= 0.3 is 0 Å². The lowest BCUT2D eigenvalue weighted by Gasteiger charge is -2.41. The minimum Gasteiger partial charge on any atom is -0.472 e. The molecule has 2 nitrogen and oxygen atoms in total. The molecule has 1 aliphatic heterocycles. The third-order valence-corrected chi connectivity index (χ3v) is 3.91. The second-order valence-electron chi connectivity index (χ2n) is 4.65. The summed E-state index contributed by atoms with van der Waals surface area (Å²) in [6, 6.07) is 2.68. The molecule has 1 aliphatic carbocycles. The Kier molecular flexibility index (Phi) is 2.09. The molecule has 1 saturated carbocycles. The van der Waals surface area contributed by atoms with Gasteiger partial charge in [-0.1, -0.05) is 25.7 Å². The van der Waals surface area contributed by atoms with E-state index in [9.17, 15) is 0 Å². The Labute approximate surface area is 84.7 Å². The molecular formula is C12H17NO. The number of hydrogen-bond donors (Lipinski definition) is 1. The van der Waals surface area contributed by atoms with Crippen molar-refractivity contribution in [2.45, 2.75) is 31.7 Å². The van der Waals surface area contributed by atoms with Gasteiger partial charge in [0.2, 0.25) is 0 Å². The van der Waals surface area contributed by atoms with Crippen molar-refractivity contribution in [3.63, 3.8) is 0 Å². The Bertz CT molecular complexity index is 287. The number of nitrogens with one attached hydrogen (secondary N) is 1. The minimum atomic E-state index is 0.580. The van der Waals surface area contributed by atoms with E-state index >= 15 is 0 Å². The van der Waals surface area contributed by atoms with Gasteiger partial charge in [-0.2, -0.15) is 0 Å². The predicted octanol–water partition coefficient (Wildman–Crippen LogP) is 2.73. The van der Waals surface area contributed by atoms with Crippen LogP contribution in [-0.2, 0) is 0 Å². The summed E-state index contributed by atoms with van der Waals surface area (Å²) < 4.78 is 5.14. The smallest absolute Gasteiger partial charge is 0.0950 e. The normalized spacial score (nSPS) is 33.1. The minimum absolute atomic E-state index is 0.580. The summed E-state index contributed by atoms with van der Waals surface area (Å²) in [6.45, 7) is 1.21. The van der Waals surface area contributed by atoms with E-state index in [0.29, 0.717) is 6.04 Å². The van der Waals surface area contributed by atoms with Gasteiger partial charge in [0.05, 0.1) is 12.5 Å². The van der Waals surface area contributed by atoms with Crippen LogP contribution < -0.4 is 5.32 Å². The molecule has 1 aromatic heterocycles. The molecule has 1 aromatic rings. The molecule has 1 saturated heterocycles. The van der Waals surface area contributed by atoms with E-state index in [-0.39, 0.29) is 0 Å². The van der Waals surface area contributed by atoms with Gasteiger partial charge in [-0.25, -0.2) is 0 Å². The lowest BCUT2D eigenvalue weighted by Crippen LogP contribution is -2.48. The molecule has 0 spiro atoms. The van der Waals surface area contributed by atoms with Gasteiger partial charge in [0.1, 0.15) is 0 Å². The first-order valence-corrected chi connectivity index (χ1v) is 5.70. The van der Waals surface area contributed by atoms with Crippen LogP contribution in [0.3, 0.4) is 0 Å². The van der Waals surface area contributed by atoms with E-state index in [1.807, 2.05) is 6.26 Å². The molecule has 0 amide bonds. The third-order valence-electron chi connectivity index (χ3n) is 3.91. The SMILES string of the molecule is c1cc(C2NCC2C2CCCC2)co1. The standard InChI is InChI=1S/C12H17NO/c1-2-4-9(3-1)11-7-13-12(11)10-5-6-14-8-10/h5-6,8-9,11-13H,1-4,7H2. The molecule has 76 valence electrons. The summed E-state index contributed by atoms with van der Waals surface area (Å²) in [5.74, 6) is 1.84. The van der Waals surface area contributed by atoms with Crippen LogP contribution in [0.25, 0.3) is 0 Å². The lowest BCUT2D eigenvalue weighted by molar-refractivity contribution is 0.155. The Balaban J connectivity index is 1.71. The van der Waals surface area contributed by atoms with E-state index in [4.69, 9.17) is 4.42 Å². The molecule has 14 heavy (non-hydrogen) atoms. The molecule has 3 rings (SSSR count). The zero-order chi connectivity index (χ0) is 9.38. The number of furan rings is 1. The van der Waals surface area contributed by atoms with Gasteiger partial charge < -0.3 is 9.73 Å². The van der Waals surface area contributed by atoms with Crippen LogP contribution in [0, 0.1) is 11.8 Å². The molecule has 2 unspecified atom stereocenters. The molecule has 0 radical (unpaired) electrons. The van der Waals surface area contributed by atoms with Crippen LogP contribution >= 0.6 is 0 Å². The van der Waals surface area contributed by atoms with Crippen molar-refractivity contribution in [2.24, 2.45) is 11.8 Å². The zero-order valence-electron chi connectivity index (χ0n) is 8.41. The first-order chi connectivity index (χ1) is 6.95. The third kappa shape index (κ3) is 1.29. The average Bonchev–Trinajstić information content (AvgIpc) is 2.73. The van der Waals surface area contributed by atoms with E-state index in [1.165, 1.54) is 37.8 Å². The second kappa shape index (κ2) is 3.43. The van der Waals surface area contributed by atoms with Gasteiger partial charge in [-0.05, 0) is 17.9 Å². The summed E-state index contributed by atoms with van der Waals surface area (Å²) in [5, 5.41) is 3.51. The maximum absolute atomic E-state index is 5.14. The van der Waals surface area contributed by atoms with E-state index in [0.717, 1.165) is 11.8 Å². The zero-order valence-corrected chi connectivity index (χ0v) is 8.41. The topological polar surface area (TPSA) is 25.2 Å². The predicted molar refractivity (Wildman–Crippen MR) is 54.9 cm³/mol. The Morgan fingerprint density at radius 2 is 2.14 bits per heavy atom. The van der Waals surface area contributed by atoms with Crippen molar-refractivity contribution < 1.29 is 4.42 Å². The molecular weight excluding hydrogens is 174 g/mol. The summed E-state index contributed by atoms with van der Waals surface area (Å²) in [4.78, 5) is 0. The second-order valence-corrected chi connectivity index (χ2v) is 4.65. The fourth-order valence-electron chi connectivity index (χ4n) is 3.01. The highest BCUT2D eigenvalue weighted by molar-refractivity contribution is 5.17. The van der Waals surface area contributed by atoms with Crippen molar-refractivity contribution in [1.29, 1.82) is 0 Å². The molecule has 0 aromatic carbocycles. The highest BCUT2D eigenvalue weighted by Crippen LogP contribution is 2.42. The van der Waals surface area contributed by atoms with Crippen LogP contribution in [-0.4, -0.2) is 6.54 Å². The average molecular weight is 191 g/mol. The van der Waals surface area contributed by atoms with Crippen LogP contribution in [0.1, 0.15) is 37.3 Å². The van der Waals surface area contributed by atoms with Gasteiger partial charge in [0, 0.05) is 18.2 Å². The van der Waals surface area contributed by atoms with Crippen molar-refractivity contribution in [3.8, 4) is 0 Å². The summed E-state index contributed by atoms with van der Waals surface area (Å²) in [5.41, 5.74) is 1.34. The highest BCUT2D eigenvalue weighted by Gasteiger charge is 2.38. The Morgan fingerprint density at radius 1 is 1.29 bits per heavy atom. The summed E-state index contributed by atoms with van der Waals surface area (Å²) in [7, 11) is 0. The van der Waals surface area contributed by atoms with Gasteiger partial charge in [-0.3, -0.25) is 0 Å². The van der Waals surface area contributed by atoms with Crippen LogP contribution in [0.2, 0.25) is 0 Å². The van der Waals surface area contributed by atoms with E-state index in [1.54, 1.807) is 6.26 Å². The van der Waals surface area contributed by atoms with Crippen molar-refractivity contribution in [1.82, 2.24) is 5.32 Å². The maximum Gasteiger partial charge on any atom is 0.0950 e. The van der Waals surface area contributed by atoms with Crippen molar-refractivity contribution in [3.05, 3.63) is 24.2 Å². The van der Waals surface area contributed by atoms with Crippen LogP contribution in [0.5, 0.6) is 0 Å². The molecule has 2 aliphatic rings. The van der Waals surface area contributed by atoms with E-state index in [2.05, 4.69) is 11.4 Å². The lowest BCUT2D eigenvalue weighted by atomic mass is 9.77. The fourth-order valence-corrected chi connectivity index (χ4v) is 3.01. The highest BCUT2D eigenvalue weighted by atomic mass is 16.3. The Morgan fingerprint density at radius 3 is 2.71 bits per heavy atom. The molecule has 1 N–H and O–H groups in total. The Hall–Kier alpha value is -0.760. The van der Waals surface area contributed by atoms with Crippen LogP contribution in [0.4, 0.5) is 0 Å². The fraction of sp³-hybridized carbons (Fsp3) is 0.667. The van der Waals surface area contributed by atoms with E-state index < -0.39 is 0 Å². The van der Waals surface area contributed by atoms with Gasteiger partial charge in [0.25, 0.3) is 0 Å². The molecule has 0 bridgehead atoms. The first-order valence-electron chi connectivity index (χ1n) is 5.70. The summed E-state index contributed by atoms with van der Waals surface area (Å²) >= 11 is 0. The first kappa shape index (κ1) is 8.54. The van der Waals surface area contributed by atoms with Crippen LogP contribution in [0.15, 0.2) is 23.0 Å². The maximum atomic E-state index is 5.14. The summed E-state index contributed by atoms with van der Waals surface area (Å²) in [6.07, 6.45) is 9.44.